The molecule has 0 saturated carbocycles. The molecule has 6 nitrogen and oxygen atoms in total. The van der Waals surface area contributed by atoms with Crippen LogP contribution in [0.25, 0.3) is 0 Å². The number of rotatable bonds is 3. The van der Waals surface area contributed by atoms with Crippen LogP contribution in [0.15, 0.2) is 18.2 Å². The average Bonchev–Trinajstić information content (AvgIpc) is 3.04. The van der Waals surface area contributed by atoms with Gasteiger partial charge in [0.15, 0.2) is 0 Å². The lowest BCUT2D eigenvalue weighted by Gasteiger charge is -2.06. The molecule has 3 rings (SSSR count). The van der Waals surface area contributed by atoms with E-state index in [4.69, 9.17) is 5.11 Å². The molecule has 1 aromatic heterocycles. The molecule has 0 spiro atoms. The van der Waals surface area contributed by atoms with Gasteiger partial charge in [-0.15, -0.1) is 0 Å². The van der Waals surface area contributed by atoms with Gasteiger partial charge < -0.3 is 15.7 Å². The van der Waals surface area contributed by atoms with Crippen LogP contribution in [0.1, 0.15) is 32.0 Å². The smallest absolute Gasteiger partial charge is 0.340 e. The molecular weight excluding hydrogens is 290 g/mol. The number of carboxylic acids is 1. The SMILES string of the molecule is Cc1nsc(NC(=O)c2ccc3c(c2)NCC3)c1C(=O)O. The Labute approximate surface area is 125 Å². The summed E-state index contributed by atoms with van der Waals surface area (Å²) in [6, 6.07) is 5.45. The molecular formula is C14H13N3O3S. The highest BCUT2D eigenvalue weighted by atomic mass is 32.1. The molecule has 7 heteroatoms. The Hall–Kier alpha value is -2.41. The fourth-order valence-electron chi connectivity index (χ4n) is 2.31. The highest BCUT2D eigenvalue weighted by molar-refractivity contribution is 7.11. The molecule has 2 aromatic rings. The van der Waals surface area contributed by atoms with Gasteiger partial charge in [0.25, 0.3) is 5.91 Å². The molecule has 0 aliphatic carbocycles. The van der Waals surface area contributed by atoms with Gasteiger partial charge in [0.1, 0.15) is 10.6 Å². The van der Waals surface area contributed by atoms with Crippen LogP contribution < -0.4 is 10.6 Å². The minimum Gasteiger partial charge on any atom is -0.478 e. The highest BCUT2D eigenvalue weighted by Gasteiger charge is 2.20. The Morgan fingerprint density at radius 3 is 3.00 bits per heavy atom. The Morgan fingerprint density at radius 1 is 1.43 bits per heavy atom. The molecule has 1 amide bonds. The first-order chi connectivity index (χ1) is 10.1. The number of anilines is 2. The summed E-state index contributed by atoms with van der Waals surface area (Å²) in [6.45, 7) is 2.48. The Bertz CT molecular complexity index is 739. The minimum absolute atomic E-state index is 0.0487. The molecule has 1 aliphatic heterocycles. The number of aryl methyl sites for hydroxylation is 1. The Morgan fingerprint density at radius 2 is 2.24 bits per heavy atom. The van der Waals surface area contributed by atoms with Gasteiger partial charge in [-0.25, -0.2) is 4.79 Å². The number of hydrogen-bond acceptors (Lipinski definition) is 5. The van der Waals surface area contributed by atoms with E-state index in [1.54, 1.807) is 19.1 Å². The molecule has 1 aromatic carbocycles. The maximum absolute atomic E-state index is 12.2. The van der Waals surface area contributed by atoms with Crippen molar-refractivity contribution in [3.63, 3.8) is 0 Å². The van der Waals surface area contributed by atoms with Crippen molar-refractivity contribution in [3.8, 4) is 0 Å². The molecule has 2 heterocycles. The number of fused-ring (bicyclic) bond motifs is 1. The number of nitrogens with zero attached hydrogens (tertiary/aromatic N) is 1. The van der Waals surface area contributed by atoms with E-state index in [-0.39, 0.29) is 16.5 Å². The zero-order chi connectivity index (χ0) is 15.0. The summed E-state index contributed by atoms with van der Waals surface area (Å²) in [5.74, 6) is -1.43. The second-order valence-electron chi connectivity index (χ2n) is 4.78. The van der Waals surface area contributed by atoms with Crippen molar-refractivity contribution >= 4 is 34.1 Å². The first-order valence-electron chi connectivity index (χ1n) is 6.44. The van der Waals surface area contributed by atoms with Crippen LogP contribution in [0.4, 0.5) is 10.7 Å². The van der Waals surface area contributed by atoms with E-state index < -0.39 is 5.97 Å². The van der Waals surface area contributed by atoms with Gasteiger partial charge in [0, 0.05) is 17.8 Å². The lowest BCUT2D eigenvalue weighted by atomic mass is 10.1. The monoisotopic (exact) mass is 303 g/mol. The summed E-state index contributed by atoms with van der Waals surface area (Å²) in [4.78, 5) is 23.4. The third-order valence-electron chi connectivity index (χ3n) is 3.39. The normalized spacial score (nSPS) is 12.6. The van der Waals surface area contributed by atoms with Gasteiger partial charge in [0.2, 0.25) is 0 Å². The van der Waals surface area contributed by atoms with Crippen LogP contribution in [-0.4, -0.2) is 27.9 Å². The molecule has 108 valence electrons. The number of aromatic nitrogens is 1. The van der Waals surface area contributed by atoms with E-state index in [0.717, 1.165) is 30.2 Å². The predicted molar refractivity (Wildman–Crippen MR) is 80.4 cm³/mol. The zero-order valence-electron chi connectivity index (χ0n) is 11.3. The predicted octanol–water partition coefficient (Wildman–Crippen LogP) is 2.37. The number of aromatic carboxylic acids is 1. The molecule has 0 radical (unpaired) electrons. The number of nitrogens with one attached hydrogen (secondary N) is 2. The average molecular weight is 303 g/mol. The second kappa shape index (κ2) is 5.17. The molecule has 0 atom stereocenters. The lowest BCUT2D eigenvalue weighted by molar-refractivity contribution is 0.0697. The maximum atomic E-state index is 12.2. The number of benzene rings is 1. The summed E-state index contributed by atoms with van der Waals surface area (Å²) in [7, 11) is 0. The van der Waals surface area contributed by atoms with Crippen molar-refractivity contribution in [2.24, 2.45) is 0 Å². The van der Waals surface area contributed by atoms with Crippen LogP contribution in [0.5, 0.6) is 0 Å². The van der Waals surface area contributed by atoms with Gasteiger partial charge in [-0.1, -0.05) is 6.07 Å². The van der Waals surface area contributed by atoms with Crippen molar-refractivity contribution in [2.75, 3.05) is 17.2 Å². The summed E-state index contributed by atoms with van der Waals surface area (Å²) >= 11 is 0.975. The Balaban J connectivity index is 1.85. The number of carbonyl (C=O) groups is 2. The molecule has 0 unspecified atom stereocenters. The van der Waals surface area contributed by atoms with Crippen molar-refractivity contribution < 1.29 is 14.7 Å². The number of hydrogen-bond donors (Lipinski definition) is 3. The molecule has 3 N–H and O–H groups in total. The standard InChI is InChI=1S/C14H13N3O3S/c1-7-11(14(19)20)13(21-17-7)16-12(18)9-3-2-8-4-5-15-10(8)6-9/h2-3,6,15H,4-5H2,1H3,(H,16,18)(H,19,20). The number of carbonyl (C=O) groups excluding carboxylic acids is 1. The van der Waals surface area contributed by atoms with Gasteiger partial charge in [-0.3, -0.25) is 4.79 Å². The number of carboxylic acid groups (broad SMARTS) is 1. The van der Waals surface area contributed by atoms with Gasteiger partial charge in [0.05, 0.1) is 5.69 Å². The summed E-state index contributed by atoms with van der Waals surface area (Å²) in [5, 5.41) is 15.3. The maximum Gasteiger partial charge on any atom is 0.340 e. The van der Waals surface area contributed by atoms with Crippen LogP contribution in [-0.2, 0) is 6.42 Å². The van der Waals surface area contributed by atoms with E-state index in [1.807, 2.05) is 6.07 Å². The van der Waals surface area contributed by atoms with Gasteiger partial charge >= 0.3 is 5.97 Å². The Kier molecular flexibility index (Phi) is 3.34. The number of amides is 1. The summed E-state index contributed by atoms with van der Waals surface area (Å²) in [6.07, 6.45) is 0.953. The van der Waals surface area contributed by atoms with Crippen LogP contribution >= 0.6 is 11.5 Å². The topological polar surface area (TPSA) is 91.3 Å². The molecule has 1 aliphatic rings. The zero-order valence-corrected chi connectivity index (χ0v) is 12.1. The largest absolute Gasteiger partial charge is 0.478 e. The summed E-state index contributed by atoms with van der Waals surface area (Å²) < 4.78 is 3.98. The van der Waals surface area contributed by atoms with E-state index in [0.29, 0.717) is 11.3 Å². The van der Waals surface area contributed by atoms with E-state index in [1.165, 1.54) is 5.56 Å². The molecule has 21 heavy (non-hydrogen) atoms. The minimum atomic E-state index is -1.09. The van der Waals surface area contributed by atoms with Crippen molar-refractivity contribution in [1.29, 1.82) is 0 Å². The fourth-order valence-corrected chi connectivity index (χ4v) is 3.10. The van der Waals surface area contributed by atoms with Gasteiger partial charge in [-0.05, 0) is 42.6 Å². The van der Waals surface area contributed by atoms with Crippen molar-refractivity contribution in [3.05, 3.63) is 40.6 Å². The highest BCUT2D eigenvalue weighted by Crippen LogP contribution is 2.27. The van der Waals surface area contributed by atoms with E-state index in [2.05, 4.69) is 15.0 Å². The van der Waals surface area contributed by atoms with Crippen LogP contribution in [0.3, 0.4) is 0 Å². The van der Waals surface area contributed by atoms with Crippen molar-refractivity contribution in [1.82, 2.24) is 4.37 Å². The van der Waals surface area contributed by atoms with E-state index >= 15 is 0 Å². The quantitative estimate of drug-likeness (QED) is 0.809. The third-order valence-corrected chi connectivity index (χ3v) is 4.24. The van der Waals surface area contributed by atoms with E-state index in [9.17, 15) is 9.59 Å². The van der Waals surface area contributed by atoms with Crippen LogP contribution in [0, 0.1) is 6.92 Å². The fraction of sp³-hybridized carbons (Fsp3) is 0.214. The molecule has 0 bridgehead atoms. The second-order valence-corrected chi connectivity index (χ2v) is 5.55. The first-order valence-corrected chi connectivity index (χ1v) is 7.21. The van der Waals surface area contributed by atoms with Crippen LogP contribution in [0.2, 0.25) is 0 Å². The summed E-state index contributed by atoms with van der Waals surface area (Å²) in [5.41, 5.74) is 3.09. The van der Waals surface area contributed by atoms with Crippen molar-refractivity contribution in [2.45, 2.75) is 13.3 Å². The molecule has 0 fully saturated rings. The first kappa shape index (κ1) is 13.6. The van der Waals surface area contributed by atoms with Gasteiger partial charge in [-0.2, -0.15) is 4.37 Å². The molecule has 0 saturated heterocycles. The lowest BCUT2D eigenvalue weighted by Crippen LogP contribution is -2.13. The third kappa shape index (κ3) is 2.47.